The van der Waals surface area contributed by atoms with Crippen LogP contribution in [0.3, 0.4) is 0 Å². The van der Waals surface area contributed by atoms with Gasteiger partial charge in [-0.05, 0) is 12.5 Å². The summed E-state index contributed by atoms with van der Waals surface area (Å²) in [5.74, 6) is 2.54. The molecule has 22 heavy (non-hydrogen) atoms. The molecule has 4 aliphatic rings. The van der Waals surface area contributed by atoms with Crippen molar-refractivity contribution >= 4 is 118 Å². The molecule has 4 rings (SSSR count). The second kappa shape index (κ2) is 8.17. The van der Waals surface area contributed by atoms with Gasteiger partial charge in [-0.1, -0.05) is 47.0 Å². The van der Waals surface area contributed by atoms with Gasteiger partial charge in [-0.3, -0.25) is 0 Å². The first-order valence-corrected chi connectivity index (χ1v) is 15.9. The van der Waals surface area contributed by atoms with Crippen LogP contribution in [-0.2, 0) is 0 Å². The van der Waals surface area contributed by atoms with Crippen molar-refractivity contribution in [3.8, 4) is 0 Å². The van der Waals surface area contributed by atoms with Crippen molar-refractivity contribution < 1.29 is 0 Å². The van der Waals surface area contributed by atoms with Crippen molar-refractivity contribution in [2.45, 2.75) is 9.16 Å². The van der Waals surface area contributed by atoms with E-state index in [0.717, 1.165) is 0 Å². The second-order valence-electron chi connectivity index (χ2n) is 4.27. The highest BCUT2D eigenvalue weighted by Crippen LogP contribution is 2.69. The van der Waals surface area contributed by atoms with Crippen molar-refractivity contribution in [1.29, 1.82) is 0 Å². The van der Waals surface area contributed by atoms with Gasteiger partial charge >= 0.3 is 0 Å². The molecule has 0 bridgehead atoms. The van der Waals surface area contributed by atoms with E-state index in [1.54, 1.807) is 16.9 Å². The Balaban J connectivity index is 1.50. The molecule has 2 unspecified atom stereocenters. The Morgan fingerprint density at radius 2 is 1.05 bits per heavy atom. The molecule has 10 heteroatoms. The zero-order chi connectivity index (χ0) is 15.1. The maximum atomic E-state index is 2.24. The van der Waals surface area contributed by atoms with Crippen LogP contribution < -0.4 is 0 Å². The third kappa shape index (κ3) is 3.71. The normalized spacial score (nSPS) is 31.9. The summed E-state index contributed by atoms with van der Waals surface area (Å²) in [7, 11) is 0. The van der Waals surface area contributed by atoms with E-state index in [2.05, 4.69) is 36.0 Å². The summed E-state index contributed by atoms with van der Waals surface area (Å²) < 4.78 is 10.6. The summed E-state index contributed by atoms with van der Waals surface area (Å²) in [4.78, 5) is 0. The molecule has 4 aliphatic heterocycles. The Morgan fingerprint density at radius 3 is 1.45 bits per heavy atom. The molecule has 0 nitrogen and oxygen atoms in total. The van der Waals surface area contributed by atoms with Crippen LogP contribution >= 0.6 is 118 Å². The van der Waals surface area contributed by atoms with Crippen LogP contribution in [0.25, 0.3) is 0 Å². The predicted octanol–water partition coefficient (Wildman–Crippen LogP) is 7.66. The molecule has 2 atom stereocenters. The van der Waals surface area contributed by atoms with Gasteiger partial charge in [0.1, 0.15) is 0 Å². The zero-order valence-electron chi connectivity index (χ0n) is 11.7. The van der Waals surface area contributed by atoms with E-state index >= 15 is 0 Å². The van der Waals surface area contributed by atoms with E-state index < -0.39 is 0 Å². The molecule has 4 heterocycles. The Hall–Kier alpha value is 2.72. The molecule has 0 aromatic heterocycles. The summed E-state index contributed by atoms with van der Waals surface area (Å²) in [6.45, 7) is 0. The summed E-state index contributed by atoms with van der Waals surface area (Å²) >= 11 is 20.4. The molecule has 0 aliphatic carbocycles. The lowest BCUT2D eigenvalue weighted by Gasteiger charge is -2.27. The average Bonchev–Trinajstić information content (AvgIpc) is 3.16. The number of rotatable bonds is 2. The largest absolute Gasteiger partial charge is 0.149 e. The molecular weight excluding hydrogens is 465 g/mol. The van der Waals surface area contributed by atoms with E-state index in [4.69, 9.17) is 0 Å². The van der Waals surface area contributed by atoms with Crippen LogP contribution in [0.2, 0.25) is 0 Å². The maximum absolute atomic E-state index is 2.24. The first-order chi connectivity index (χ1) is 10.8. The van der Waals surface area contributed by atoms with Crippen molar-refractivity contribution in [3.05, 3.63) is 25.4 Å². The van der Waals surface area contributed by atoms with E-state index in [-0.39, 0.29) is 0 Å². The fourth-order valence-corrected chi connectivity index (χ4v) is 17.8. The molecule has 120 valence electrons. The number of hydrogen-bond acceptors (Lipinski definition) is 10. The lowest BCUT2D eigenvalue weighted by Crippen LogP contribution is -2.15. The minimum Gasteiger partial charge on any atom is -0.149 e. The molecular formula is C12H12S10. The Labute approximate surface area is 174 Å². The molecule has 0 N–H and O–H groups in total. The van der Waals surface area contributed by atoms with E-state index in [1.807, 2.05) is 94.1 Å². The third-order valence-corrected chi connectivity index (χ3v) is 18.6. The van der Waals surface area contributed by atoms with Gasteiger partial charge in [0.2, 0.25) is 0 Å². The van der Waals surface area contributed by atoms with E-state index in [1.165, 1.54) is 20.0 Å². The van der Waals surface area contributed by atoms with Crippen molar-refractivity contribution in [2.24, 2.45) is 0 Å². The molecule has 0 radical (unpaired) electrons. The highest BCUT2D eigenvalue weighted by molar-refractivity contribution is 8.47. The van der Waals surface area contributed by atoms with Crippen molar-refractivity contribution in [1.82, 2.24) is 0 Å². The average molecular weight is 477 g/mol. The molecule has 0 amide bonds. The minimum absolute atomic E-state index is 0.678. The lowest BCUT2D eigenvalue weighted by molar-refractivity contribution is 1.37. The van der Waals surface area contributed by atoms with Gasteiger partial charge in [-0.2, -0.15) is 0 Å². The molecule has 0 aromatic rings. The maximum Gasteiger partial charge on any atom is 0.0766 e. The predicted molar refractivity (Wildman–Crippen MR) is 126 cm³/mol. The smallest absolute Gasteiger partial charge is 0.0766 e. The fourth-order valence-electron chi connectivity index (χ4n) is 1.94. The number of hydrogen-bond donors (Lipinski definition) is 0. The molecule has 0 aromatic carbocycles. The van der Waals surface area contributed by atoms with Gasteiger partial charge in [-0.15, -0.1) is 70.6 Å². The van der Waals surface area contributed by atoms with Crippen molar-refractivity contribution in [2.75, 3.05) is 24.0 Å². The fraction of sp³-hybridized carbons (Fsp3) is 0.500. The highest BCUT2D eigenvalue weighted by Gasteiger charge is 2.38. The third-order valence-electron chi connectivity index (χ3n) is 2.92. The topological polar surface area (TPSA) is 0 Å². The SMILES string of the molecule is CSC1SC2=C(SC(=C3SC4=C(SCCS4)S3)S2)SC1SC. The highest BCUT2D eigenvalue weighted by atomic mass is 32.3. The van der Waals surface area contributed by atoms with Gasteiger partial charge in [0, 0.05) is 11.5 Å². The molecule has 0 saturated carbocycles. The van der Waals surface area contributed by atoms with Crippen LogP contribution in [0, 0.1) is 0 Å². The van der Waals surface area contributed by atoms with E-state index in [0.29, 0.717) is 9.16 Å². The molecule has 0 saturated heterocycles. The molecule has 0 spiro atoms. The van der Waals surface area contributed by atoms with Crippen LogP contribution in [0.5, 0.6) is 0 Å². The summed E-state index contributed by atoms with van der Waals surface area (Å²) in [5.41, 5.74) is 0. The Morgan fingerprint density at radius 1 is 0.636 bits per heavy atom. The minimum atomic E-state index is 0.678. The van der Waals surface area contributed by atoms with Gasteiger partial charge < -0.3 is 0 Å². The standard InChI is InChI=1S/C12H12S10/c1-13-5-6(14-2)18-10-9(17-5)21-12(22-10)11-19-7-8(20-11)16-4-3-15-7/h5-6H,3-4H2,1-2H3. The summed E-state index contributed by atoms with van der Waals surface area (Å²) in [5, 5.41) is 0. The van der Waals surface area contributed by atoms with Crippen LogP contribution in [-0.4, -0.2) is 33.2 Å². The van der Waals surface area contributed by atoms with Gasteiger partial charge in [-0.25, -0.2) is 0 Å². The lowest BCUT2D eigenvalue weighted by atomic mass is 10.9. The Bertz CT molecular complexity index is 530. The van der Waals surface area contributed by atoms with E-state index in [9.17, 15) is 0 Å². The van der Waals surface area contributed by atoms with Crippen molar-refractivity contribution in [3.63, 3.8) is 0 Å². The number of thioether (sulfide) groups is 10. The Kier molecular flexibility index (Phi) is 6.72. The van der Waals surface area contributed by atoms with Gasteiger partial charge in [0.15, 0.2) is 0 Å². The van der Waals surface area contributed by atoms with Crippen LogP contribution in [0.4, 0.5) is 0 Å². The van der Waals surface area contributed by atoms with Gasteiger partial charge in [0.05, 0.1) is 34.6 Å². The monoisotopic (exact) mass is 476 g/mol. The first kappa shape index (κ1) is 18.1. The zero-order valence-corrected chi connectivity index (χ0v) is 19.8. The summed E-state index contributed by atoms with van der Waals surface area (Å²) in [6.07, 6.45) is 4.49. The van der Waals surface area contributed by atoms with Crippen LogP contribution in [0.15, 0.2) is 25.4 Å². The summed E-state index contributed by atoms with van der Waals surface area (Å²) in [6, 6.07) is 0. The molecule has 0 fully saturated rings. The second-order valence-corrected chi connectivity index (χ2v) is 17.0. The quantitative estimate of drug-likeness (QED) is 0.387. The first-order valence-electron chi connectivity index (χ1n) is 6.37. The van der Waals surface area contributed by atoms with Gasteiger partial charge in [0.25, 0.3) is 0 Å². The van der Waals surface area contributed by atoms with Crippen LogP contribution in [0.1, 0.15) is 0 Å².